The third kappa shape index (κ3) is 3.24. The fraction of sp³-hybridized carbons (Fsp3) is 0.368. The predicted octanol–water partition coefficient (Wildman–Crippen LogP) is 2.31. The van der Waals surface area contributed by atoms with E-state index in [0.29, 0.717) is 18.6 Å². The highest BCUT2D eigenvalue weighted by Crippen LogP contribution is 2.29. The molecule has 1 aliphatic rings. The minimum Gasteiger partial charge on any atom is -0.497 e. The van der Waals surface area contributed by atoms with Gasteiger partial charge in [-0.3, -0.25) is 9.89 Å². The zero-order chi connectivity index (χ0) is 17.9. The van der Waals surface area contributed by atoms with Crippen molar-refractivity contribution in [3.05, 3.63) is 47.9 Å². The van der Waals surface area contributed by atoms with E-state index in [4.69, 9.17) is 4.74 Å². The van der Waals surface area contributed by atoms with Crippen LogP contribution in [0.3, 0.4) is 0 Å². The Kier molecular flexibility index (Phi) is 4.51. The van der Waals surface area contributed by atoms with Crippen LogP contribution in [0, 0.1) is 0 Å². The molecule has 0 bridgehead atoms. The Hall–Kier alpha value is -2.96. The lowest BCUT2D eigenvalue weighted by Gasteiger charge is -2.32. The monoisotopic (exact) mass is 351 g/mol. The molecule has 4 rings (SSSR count). The van der Waals surface area contributed by atoms with Crippen molar-refractivity contribution in [1.82, 2.24) is 25.1 Å². The summed E-state index contributed by atoms with van der Waals surface area (Å²) in [5.41, 5.74) is 3.38. The summed E-state index contributed by atoms with van der Waals surface area (Å²) in [6.07, 6.45) is 5.67. The number of carbonyl (C=O) groups is 1. The smallest absolute Gasteiger partial charge is 0.227 e. The molecule has 1 N–H and O–H groups in total. The second kappa shape index (κ2) is 7.11. The maximum Gasteiger partial charge on any atom is 0.227 e. The van der Waals surface area contributed by atoms with Crippen LogP contribution in [-0.4, -0.2) is 51.2 Å². The van der Waals surface area contributed by atoms with E-state index in [9.17, 15) is 4.79 Å². The maximum absolute atomic E-state index is 12.8. The van der Waals surface area contributed by atoms with Crippen LogP contribution in [0.25, 0.3) is 11.2 Å². The number of amides is 1. The average molecular weight is 351 g/mol. The van der Waals surface area contributed by atoms with Crippen molar-refractivity contribution in [3.8, 4) is 5.75 Å². The predicted molar refractivity (Wildman–Crippen MR) is 96.9 cm³/mol. The lowest BCUT2D eigenvalue weighted by Crippen LogP contribution is -2.40. The molecule has 2 aromatic heterocycles. The van der Waals surface area contributed by atoms with Gasteiger partial charge in [0.05, 0.1) is 19.2 Å². The molecule has 0 saturated carbocycles. The number of rotatable bonds is 4. The molecule has 134 valence electrons. The SMILES string of the molecule is COc1cccc(CC(=O)N2CCC[C@H](c3[nH]nc4nccnc34)C2)c1. The van der Waals surface area contributed by atoms with Crippen molar-refractivity contribution < 1.29 is 9.53 Å². The summed E-state index contributed by atoms with van der Waals surface area (Å²) < 4.78 is 5.24. The number of hydrogen-bond donors (Lipinski definition) is 1. The summed E-state index contributed by atoms with van der Waals surface area (Å²) in [6, 6.07) is 7.67. The molecule has 1 amide bonds. The molecule has 7 nitrogen and oxygen atoms in total. The van der Waals surface area contributed by atoms with Gasteiger partial charge in [0.2, 0.25) is 5.91 Å². The van der Waals surface area contributed by atoms with Crippen LogP contribution in [0.15, 0.2) is 36.7 Å². The Bertz CT molecular complexity index is 923. The normalized spacial score (nSPS) is 17.4. The second-order valence-electron chi connectivity index (χ2n) is 6.57. The molecule has 0 unspecified atom stereocenters. The maximum atomic E-state index is 12.8. The molecular formula is C19H21N5O2. The molecule has 0 spiro atoms. The van der Waals surface area contributed by atoms with Gasteiger partial charge in [-0.15, -0.1) is 0 Å². The first-order valence-electron chi connectivity index (χ1n) is 8.80. The zero-order valence-corrected chi connectivity index (χ0v) is 14.7. The van der Waals surface area contributed by atoms with Crippen molar-refractivity contribution >= 4 is 17.1 Å². The largest absolute Gasteiger partial charge is 0.497 e. The number of nitrogens with zero attached hydrogens (tertiary/aromatic N) is 4. The lowest BCUT2D eigenvalue weighted by atomic mass is 9.94. The standard InChI is InChI=1S/C19H21N5O2/c1-26-15-6-2-4-13(10-15)11-16(25)24-9-3-5-14(12-24)17-18-19(23-22-17)21-8-7-20-18/h2,4,6-8,10,14H,3,5,9,11-12H2,1H3,(H,21,22,23)/t14-/m0/s1. The Morgan fingerprint density at radius 1 is 1.35 bits per heavy atom. The van der Waals surface area contributed by atoms with Crippen molar-refractivity contribution in [2.75, 3.05) is 20.2 Å². The van der Waals surface area contributed by atoms with E-state index in [1.54, 1.807) is 19.5 Å². The van der Waals surface area contributed by atoms with E-state index in [2.05, 4.69) is 20.2 Å². The summed E-state index contributed by atoms with van der Waals surface area (Å²) >= 11 is 0. The number of ether oxygens (including phenoxy) is 1. The van der Waals surface area contributed by atoms with Gasteiger partial charge in [-0.2, -0.15) is 5.10 Å². The van der Waals surface area contributed by atoms with Crippen molar-refractivity contribution in [3.63, 3.8) is 0 Å². The number of H-pyrrole nitrogens is 1. The number of methoxy groups -OCH3 is 1. The molecule has 1 fully saturated rings. The minimum absolute atomic E-state index is 0.137. The van der Waals surface area contributed by atoms with Gasteiger partial charge >= 0.3 is 0 Å². The number of piperidine rings is 1. The summed E-state index contributed by atoms with van der Waals surface area (Å²) in [6.45, 7) is 1.47. The van der Waals surface area contributed by atoms with Crippen LogP contribution in [0.1, 0.15) is 30.0 Å². The van der Waals surface area contributed by atoms with E-state index in [1.807, 2.05) is 29.2 Å². The van der Waals surface area contributed by atoms with Crippen LogP contribution >= 0.6 is 0 Å². The second-order valence-corrected chi connectivity index (χ2v) is 6.57. The highest BCUT2D eigenvalue weighted by atomic mass is 16.5. The first kappa shape index (κ1) is 16.5. The van der Waals surface area contributed by atoms with E-state index in [-0.39, 0.29) is 11.8 Å². The lowest BCUT2D eigenvalue weighted by molar-refractivity contribution is -0.131. The number of nitrogens with one attached hydrogen (secondary N) is 1. The fourth-order valence-electron chi connectivity index (χ4n) is 3.56. The number of likely N-dealkylation sites (tertiary alicyclic amines) is 1. The Balaban J connectivity index is 1.48. The molecule has 1 saturated heterocycles. The molecule has 3 heterocycles. The van der Waals surface area contributed by atoms with E-state index < -0.39 is 0 Å². The average Bonchev–Trinajstić information content (AvgIpc) is 3.12. The molecule has 0 radical (unpaired) electrons. The zero-order valence-electron chi connectivity index (χ0n) is 14.7. The number of carbonyl (C=O) groups excluding carboxylic acids is 1. The summed E-state index contributed by atoms with van der Waals surface area (Å²) in [7, 11) is 1.63. The van der Waals surface area contributed by atoms with Gasteiger partial charge in [0.1, 0.15) is 11.3 Å². The van der Waals surface area contributed by atoms with Gasteiger partial charge in [0, 0.05) is 31.4 Å². The van der Waals surface area contributed by atoms with Gasteiger partial charge in [-0.25, -0.2) is 9.97 Å². The first-order chi connectivity index (χ1) is 12.7. The topological polar surface area (TPSA) is 84.0 Å². The Morgan fingerprint density at radius 3 is 3.12 bits per heavy atom. The minimum atomic E-state index is 0.137. The molecule has 1 aromatic carbocycles. The third-order valence-electron chi connectivity index (χ3n) is 4.89. The van der Waals surface area contributed by atoms with Crippen LogP contribution in [0.5, 0.6) is 5.75 Å². The number of aromatic nitrogens is 4. The van der Waals surface area contributed by atoms with E-state index in [0.717, 1.165) is 41.9 Å². The van der Waals surface area contributed by atoms with E-state index >= 15 is 0 Å². The third-order valence-corrected chi connectivity index (χ3v) is 4.89. The Labute approximate surface area is 151 Å². The fourth-order valence-corrected chi connectivity index (χ4v) is 3.56. The number of aromatic amines is 1. The molecule has 1 aliphatic heterocycles. The van der Waals surface area contributed by atoms with Crippen LogP contribution in [0.4, 0.5) is 0 Å². The van der Waals surface area contributed by atoms with Crippen molar-refractivity contribution in [2.45, 2.75) is 25.2 Å². The highest BCUT2D eigenvalue weighted by molar-refractivity contribution is 5.79. The van der Waals surface area contributed by atoms with Gasteiger partial charge in [-0.05, 0) is 30.5 Å². The molecule has 7 heteroatoms. The van der Waals surface area contributed by atoms with E-state index in [1.165, 1.54) is 0 Å². The number of fused-ring (bicyclic) bond motifs is 1. The first-order valence-corrected chi connectivity index (χ1v) is 8.80. The van der Waals surface area contributed by atoms with Gasteiger partial charge in [-0.1, -0.05) is 12.1 Å². The molecule has 0 aliphatic carbocycles. The molecule has 26 heavy (non-hydrogen) atoms. The summed E-state index contributed by atoms with van der Waals surface area (Å²) in [5, 5.41) is 7.31. The van der Waals surface area contributed by atoms with Crippen molar-refractivity contribution in [2.24, 2.45) is 0 Å². The van der Waals surface area contributed by atoms with Crippen LogP contribution in [0.2, 0.25) is 0 Å². The summed E-state index contributed by atoms with van der Waals surface area (Å²) in [4.78, 5) is 23.3. The van der Waals surface area contributed by atoms with Gasteiger partial charge in [0.25, 0.3) is 0 Å². The Morgan fingerprint density at radius 2 is 2.23 bits per heavy atom. The molecular weight excluding hydrogens is 330 g/mol. The molecule has 1 atom stereocenters. The van der Waals surface area contributed by atoms with Gasteiger partial charge in [0.15, 0.2) is 5.65 Å². The highest BCUT2D eigenvalue weighted by Gasteiger charge is 2.27. The van der Waals surface area contributed by atoms with Crippen LogP contribution in [-0.2, 0) is 11.2 Å². The van der Waals surface area contributed by atoms with Crippen LogP contribution < -0.4 is 4.74 Å². The quantitative estimate of drug-likeness (QED) is 0.780. The number of benzene rings is 1. The molecule has 3 aromatic rings. The van der Waals surface area contributed by atoms with Crippen molar-refractivity contribution in [1.29, 1.82) is 0 Å². The summed E-state index contributed by atoms with van der Waals surface area (Å²) in [5.74, 6) is 1.12. The van der Waals surface area contributed by atoms with Gasteiger partial charge < -0.3 is 9.64 Å². The number of hydrogen-bond acceptors (Lipinski definition) is 5.